The molecule has 9 heteroatoms. The standard InChI is InChI=1S/C18H15BrFN5OS/c1-25-17(12-6-8-14(19)9-7-12)23-24-18(25)27-11-16(26)22-21-10-13-4-2-3-5-15(13)20/h2-10H,11H2,1H3,(H,22,26). The van der Waals surface area contributed by atoms with Crippen molar-refractivity contribution in [3.63, 3.8) is 0 Å². The summed E-state index contributed by atoms with van der Waals surface area (Å²) < 4.78 is 16.3. The molecule has 6 nitrogen and oxygen atoms in total. The van der Waals surface area contributed by atoms with E-state index in [0.717, 1.165) is 10.0 Å². The van der Waals surface area contributed by atoms with Crippen LogP contribution in [0.3, 0.4) is 0 Å². The lowest BCUT2D eigenvalue weighted by Gasteiger charge is -2.04. The Morgan fingerprint density at radius 3 is 2.74 bits per heavy atom. The van der Waals surface area contributed by atoms with Gasteiger partial charge in [0.15, 0.2) is 11.0 Å². The van der Waals surface area contributed by atoms with E-state index in [1.165, 1.54) is 24.0 Å². The van der Waals surface area contributed by atoms with Gasteiger partial charge in [0.05, 0.1) is 12.0 Å². The third-order valence-corrected chi connectivity index (χ3v) is 5.12. The van der Waals surface area contributed by atoms with Crippen LogP contribution in [0.2, 0.25) is 0 Å². The van der Waals surface area contributed by atoms with E-state index in [1.807, 2.05) is 35.9 Å². The van der Waals surface area contributed by atoms with Gasteiger partial charge in [0.1, 0.15) is 5.82 Å². The first-order chi connectivity index (χ1) is 13.0. The number of thioether (sulfide) groups is 1. The first-order valence-corrected chi connectivity index (χ1v) is 9.67. The van der Waals surface area contributed by atoms with Gasteiger partial charge >= 0.3 is 0 Å². The molecule has 0 spiro atoms. The first-order valence-electron chi connectivity index (χ1n) is 7.89. The normalized spacial score (nSPS) is 11.1. The minimum atomic E-state index is -0.399. The largest absolute Gasteiger partial charge is 0.305 e. The lowest BCUT2D eigenvalue weighted by molar-refractivity contribution is -0.118. The lowest BCUT2D eigenvalue weighted by Crippen LogP contribution is -2.20. The number of hydrogen-bond acceptors (Lipinski definition) is 5. The number of carbonyl (C=O) groups excluding carboxylic acids is 1. The molecule has 0 atom stereocenters. The van der Waals surface area contributed by atoms with Crippen LogP contribution in [0.4, 0.5) is 4.39 Å². The summed E-state index contributed by atoms with van der Waals surface area (Å²) in [6, 6.07) is 13.9. The molecule has 0 bridgehead atoms. The van der Waals surface area contributed by atoms with Crippen molar-refractivity contribution in [3.8, 4) is 11.4 Å². The SMILES string of the molecule is Cn1c(SCC(=O)NN=Cc2ccccc2F)nnc1-c1ccc(Br)cc1. The number of halogens is 2. The fourth-order valence-corrected chi connectivity index (χ4v) is 3.17. The van der Waals surface area contributed by atoms with E-state index in [-0.39, 0.29) is 11.7 Å². The smallest absolute Gasteiger partial charge is 0.250 e. The second kappa shape index (κ2) is 8.92. The predicted octanol–water partition coefficient (Wildman–Crippen LogP) is 3.63. The third kappa shape index (κ3) is 5.01. The Labute approximate surface area is 168 Å². The van der Waals surface area contributed by atoms with Crippen molar-refractivity contribution >= 4 is 39.8 Å². The number of hydrazone groups is 1. The summed E-state index contributed by atoms with van der Waals surface area (Å²) in [7, 11) is 1.84. The van der Waals surface area contributed by atoms with Crippen LogP contribution in [0.1, 0.15) is 5.56 Å². The number of nitrogens with one attached hydrogen (secondary N) is 1. The van der Waals surface area contributed by atoms with Crippen molar-refractivity contribution in [2.75, 3.05) is 5.75 Å². The molecule has 0 saturated carbocycles. The number of benzene rings is 2. The van der Waals surface area contributed by atoms with E-state index in [2.05, 4.69) is 36.7 Å². The quantitative estimate of drug-likeness (QED) is 0.355. The Morgan fingerprint density at radius 1 is 1.26 bits per heavy atom. The van der Waals surface area contributed by atoms with Gasteiger partial charge in [-0.1, -0.05) is 58.0 Å². The molecule has 1 heterocycles. The van der Waals surface area contributed by atoms with Crippen molar-refractivity contribution in [2.24, 2.45) is 12.1 Å². The second-order valence-corrected chi connectivity index (χ2v) is 7.33. The minimum Gasteiger partial charge on any atom is -0.305 e. The van der Waals surface area contributed by atoms with Gasteiger partial charge in [-0.05, 0) is 18.2 Å². The average Bonchev–Trinajstić information content (AvgIpc) is 3.03. The van der Waals surface area contributed by atoms with Crippen LogP contribution in [-0.2, 0) is 11.8 Å². The van der Waals surface area contributed by atoms with E-state index in [9.17, 15) is 9.18 Å². The number of rotatable bonds is 6. The molecule has 2 aromatic carbocycles. The van der Waals surface area contributed by atoms with Gasteiger partial charge in [0.25, 0.3) is 5.91 Å². The molecular formula is C18H15BrFN5OS. The zero-order valence-corrected chi connectivity index (χ0v) is 16.7. The fraction of sp³-hybridized carbons (Fsp3) is 0.111. The highest BCUT2D eigenvalue weighted by atomic mass is 79.9. The summed E-state index contributed by atoms with van der Waals surface area (Å²) in [5.74, 6) is 0.106. The van der Waals surface area contributed by atoms with Crippen molar-refractivity contribution in [3.05, 3.63) is 64.4 Å². The number of hydrogen-bond donors (Lipinski definition) is 1. The molecule has 0 unspecified atom stereocenters. The van der Waals surface area contributed by atoms with Crippen LogP contribution in [0.15, 0.2) is 63.3 Å². The highest BCUT2D eigenvalue weighted by Gasteiger charge is 2.12. The fourth-order valence-electron chi connectivity index (χ4n) is 2.21. The van der Waals surface area contributed by atoms with Crippen molar-refractivity contribution < 1.29 is 9.18 Å². The molecule has 1 aromatic heterocycles. The highest BCUT2D eigenvalue weighted by molar-refractivity contribution is 9.10. The third-order valence-electron chi connectivity index (χ3n) is 3.57. The topological polar surface area (TPSA) is 72.2 Å². The van der Waals surface area contributed by atoms with Crippen molar-refractivity contribution in [1.29, 1.82) is 0 Å². The van der Waals surface area contributed by atoms with Crippen LogP contribution in [-0.4, -0.2) is 32.6 Å². The molecule has 0 saturated heterocycles. The van der Waals surface area contributed by atoms with Gasteiger partial charge in [0, 0.05) is 22.6 Å². The molecule has 0 fully saturated rings. The Kier molecular flexibility index (Phi) is 6.36. The van der Waals surface area contributed by atoms with Gasteiger partial charge in [-0.3, -0.25) is 4.79 Å². The van der Waals surface area contributed by atoms with Crippen LogP contribution >= 0.6 is 27.7 Å². The molecule has 1 amide bonds. The first kappa shape index (κ1) is 19.2. The van der Waals surface area contributed by atoms with Crippen molar-refractivity contribution in [2.45, 2.75) is 5.16 Å². The molecule has 0 radical (unpaired) electrons. The predicted molar refractivity (Wildman–Crippen MR) is 107 cm³/mol. The van der Waals surface area contributed by atoms with Gasteiger partial charge in [0.2, 0.25) is 0 Å². The molecule has 0 aliphatic carbocycles. The summed E-state index contributed by atoms with van der Waals surface area (Å²) in [5.41, 5.74) is 3.61. The molecule has 3 rings (SSSR count). The summed E-state index contributed by atoms with van der Waals surface area (Å²) in [6.45, 7) is 0. The van der Waals surface area contributed by atoms with Gasteiger partial charge in [-0.15, -0.1) is 10.2 Å². The maximum Gasteiger partial charge on any atom is 0.250 e. The number of nitrogens with zero attached hydrogens (tertiary/aromatic N) is 4. The Morgan fingerprint density at radius 2 is 2.00 bits per heavy atom. The van der Waals surface area contributed by atoms with E-state index in [0.29, 0.717) is 16.5 Å². The molecular weight excluding hydrogens is 433 g/mol. The van der Waals surface area contributed by atoms with E-state index >= 15 is 0 Å². The van der Waals surface area contributed by atoms with Crippen LogP contribution in [0, 0.1) is 5.82 Å². The van der Waals surface area contributed by atoms with Crippen LogP contribution in [0.25, 0.3) is 11.4 Å². The van der Waals surface area contributed by atoms with E-state index in [1.54, 1.807) is 18.2 Å². The Hall–Kier alpha value is -2.52. The Bertz CT molecular complexity index is 974. The van der Waals surface area contributed by atoms with Crippen LogP contribution < -0.4 is 5.43 Å². The molecule has 1 N–H and O–H groups in total. The number of carbonyl (C=O) groups is 1. The molecule has 0 aliphatic rings. The molecule has 27 heavy (non-hydrogen) atoms. The van der Waals surface area contributed by atoms with Gasteiger partial charge in [-0.25, -0.2) is 9.82 Å². The average molecular weight is 448 g/mol. The summed E-state index contributed by atoms with van der Waals surface area (Å²) in [6.07, 6.45) is 1.27. The highest BCUT2D eigenvalue weighted by Crippen LogP contribution is 2.23. The monoisotopic (exact) mass is 447 g/mol. The maximum atomic E-state index is 13.5. The van der Waals surface area contributed by atoms with Gasteiger partial charge in [-0.2, -0.15) is 5.10 Å². The second-order valence-electron chi connectivity index (χ2n) is 5.48. The number of aromatic nitrogens is 3. The summed E-state index contributed by atoms with van der Waals surface area (Å²) >= 11 is 4.64. The maximum absolute atomic E-state index is 13.5. The zero-order chi connectivity index (χ0) is 19.2. The van der Waals surface area contributed by atoms with Crippen molar-refractivity contribution in [1.82, 2.24) is 20.2 Å². The van der Waals surface area contributed by atoms with E-state index < -0.39 is 5.82 Å². The minimum absolute atomic E-state index is 0.112. The molecule has 0 aliphatic heterocycles. The molecule has 138 valence electrons. The molecule has 3 aromatic rings. The van der Waals surface area contributed by atoms with E-state index in [4.69, 9.17) is 0 Å². The zero-order valence-electron chi connectivity index (χ0n) is 14.3. The summed E-state index contributed by atoms with van der Waals surface area (Å²) in [4.78, 5) is 11.9. The summed E-state index contributed by atoms with van der Waals surface area (Å²) in [5, 5.41) is 12.7. The Balaban J connectivity index is 1.56. The van der Waals surface area contributed by atoms with Gasteiger partial charge < -0.3 is 4.57 Å². The van der Waals surface area contributed by atoms with Crippen LogP contribution in [0.5, 0.6) is 0 Å². The number of amides is 1. The lowest BCUT2D eigenvalue weighted by atomic mass is 10.2.